The van der Waals surface area contributed by atoms with Gasteiger partial charge in [-0.3, -0.25) is 9.59 Å². The second-order valence-corrected chi connectivity index (χ2v) is 5.04. The zero-order valence-corrected chi connectivity index (χ0v) is 13.6. The maximum Gasteiger partial charge on any atom is 0.305 e. The third kappa shape index (κ3) is 5.46. The number of hydrogen-bond acceptors (Lipinski definition) is 5. The molecule has 0 aliphatic heterocycles. The van der Waals surface area contributed by atoms with Crippen LogP contribution in [0, 0.1) is 0 Å². The van der Waals surface area contributed by atoms with Crippen molar-refractivity contribution in [3.63, 3.8) is 0 Å². The summed E-state index contributed by atoms with van der Waals surface area (Å²) in [5.41, 5.74) is 0.668. The van der Waals surface area contributed by atoms with E-state index >= 15 is 0 Å². The maximum atomic E-state index is 12.1. The number of para-hydroxylation sites is 1. The number of nitrogens with one attached hydrogen (secondary N) is 1. The first kappa shape index (κ1) is 17.6. The maximum absolute atomic E-state index is 12.1. The van der Waals surface area contributed by atoms with E-state index in [-0.39, 0.29) is 30.7 Å². The molecule has 0 aliphatic rings. The Morgan fingerprint density at radius 2 is 1.96 bits per heavy atom. The van der Waals surface area contributed by atoms with Crippen LogP contribution in [0.5, 0.6) is 5.75 Å². The Labute approximate surface area is 140 Å². The summed E-state index contributed by atoms with van der Waals surface area (Å²) in [7, 11) is 0. The van der Waals surface area contributed by atoms with E-state index in [0.29, 0.717) is 25.1 Å². The first-order chi connectivity index (χ1) is 11.7. The highest BCUT2D eigenvalue weighted by molar-refractivity contribution is 5.92. The van der Waals surface area contributed by atoms with Gasteiger partial charge in [0.1, 0.15) is 12.4 Å². The number of hydrogen-bond donors (Lipinski definition) is 1. The van der Waals surface area contributed by atoms with E-state index in [9.17, 15) is 9.59 Å². The molecule has 128 valence electrons. The molecule has 0 fully saturated rings. The molecular weight excluding hydrogens is 310 g/mol. The van der Waals surface area contributed by atoms with Crippen molar-refractivity contribution >= 4 is 11.9 Å². The van der Waals surface area contributed by atoms with Gasteiger partial charge in [0.25, 0.3) is 5.91 Å². The number of esters is 1. The van der Waals surface area contributed by atoms with Gasteiger partial charge in [0.2, 0.25) is 0 Å². The number of ether oxygens (including phenoxy) is 2. The lowest BCUT2D eigenvalue weighted by atomic mass is 10.2. The molecule has 1 aromatic heterocycles. The molecule has 0 saturated heterocycles. The van der Waals surface area contributed by atoms with E-state index in [2.05, 4.69) is 5.32 Å². The minimum absolute atomic E-state index is 0.224. The van der Waals surface area contributed by atoms with Crippen molar-refractivity contribution in [1.82, 2.24) is 5.32 Å². The van der Waals surface area contributed by atoms with Gasteiger partial charge in [-0.1, -0.05) is 18.2 Å². The monoisotopic (exact) mass is 331 g/mol. The van der Waals surface area contributed by atoms with Crippen LogP contribution in [-0.2, 0) is 16.1 Å². The van der Waals surface area contributed by atoms with Crippen molar-refractivity contribution in [2.45, 2.75) is 26.4 Å². The van der Waals surface area contributed by atoms with Crippen LogP contribution in [0.4, 0.5) is 0 Å². The van der Waals surface area contributed by atoms with Crippen molar-refractivity contribution in [3.05, 3.63) is 54.0 Å². The Hall–Kier alpha value is -2.76. The van der Waals surface area contributed by atoms with Crippen molar-refractivity contribution < 1.29 is 23.5 Å². The van der Waals surface area contributed by atoms with Gasteiger partial charge in [-0.2, -0.15) is 0 Å². The van der Waals surface area contributed by atoms with Crippen molar-refractivity contribution in [2.24, 2.45) is 0 Å². The summed E-state index contributed by atoms with van der Waals surface area (Å²) in [4.78, 5) is 23.4. The molecule has 0 spiro atoms. The average Bonchev–Trinajstić information content (AvgIpc) is 3.06. The van der Waals surface area contributed by atoms with E-state index in [4.69, 9.17) is 13.9 Å². The number of carbonyl (C=O) groups is 2. The first-order valence-corrected chi connectivity index (χ1v) is 7.88. The van der Waals surface area contributed by atoms with E-state index in [1.54, 1.807) is 13.0 Å². The molecule has 6 heteroatoms. The molecule has 0 saturated carbocycles. The largest absolute Gasteiger partial charge is 0.489 e. The molecule has 2 aromatic rings. The number of rotatable bonds is 9. The van der Waals surface area contributed by atoms with Crippen LogP contribution >= 0.6 is 0 Å². The van der Waals surface area contributed by atoms with Crippen molar-refractivity contribution in [2.75, 3.05) is 13.2 Å². The van der Waals surface area contributed by atoms with Gasteiger partial charge in [-0.15, -0.1) is 0 Å². The molecule has 0 aliphatic carbocycles. The van der Waals surface area contributed by atoms with Crippen molar-refractivity contribution in [1.29, 1.82) is 0 Å². The van der Waals surface area contributed by atoms with Gasteiger partial charge in [0.05, 0.1) is 12.9 Å². The summed E-state index contributed by atoms with van der Waals surface area (Å²) in [6.07, 6.45) is 2.24. The van der Waals surface area contributed by atoms with Gasteiger partial charge in [0.15, 0.2) is 5.76 Å². The molecular formula is C18H21NO5. The van der Waals surface area contributed by atoms with Crippen LogP contribution in [0.2, 0.25) is 0 Å². The summed E-state index contributed by atoms with van der Waals surface area (Å²) >= 11 is 0. The highest BCUT2D eigenvalue weighted by Gasteiger charge is 2.15. The molecule has 6 nitrogen and oxygen atoms in total. The van der Waals surface area contributed by atoms with Crippen LogP contribution in [0.25, 0.3) is 0 Å². The molecule has 2 rings (SSSR count). The molecule has 0 atom stereocenters. The van der Waals surface area contributed by atoms with Gasteiger partial charge in [-0.25, -0.2) is 0 Å². The standard InChI is InChI=1S/C18H21NO5/c1-2-22-16(20)9-6-11-19-18(21)17-14(10-12-23-17)13-24-15-7-4-3-5-8-15/h3-5,7-8,10,12H,2,6,9,11,13H2,1H3,(H,19,21). The lowest BCUT2D eigenvalue weighted by molar-refractivity contribution is -0.143. The van der Waals surface area contributed by atoms with Crippen LogP contribution in [0.1, 0.15) is 35.9 Å². The predicted molar refractivity (Wildman–Crippen MR) is 87.7 cm³/mol. The minimum atomic E-state index is -0.324. The smallest absolute Gasteiger partial charge is 0.305 e. The quantitative estimate of drug-likeness (QED) is 0.564. The Morgan fingerprint density at radius 3 is 2.71 bits per heavy atom. The predicted octanol–water partition coefficient (Wildman–Crippen LogP) is 2.93. The number of amides is 1. The molecule has 0 radical (unpaired) electrons. The summed E-state index contributed by atoms with van der Waals surface area (Å²) in [5, 5.41) is 2.73. The zero-order chi connectivity index (χ0) is 17.2. The van der Waals surface area contributed by atoms with E-state index < -0.39 is 0 Å². The van der Waals surface area contributed by atoms with Crippen LogP contribution in [0.15, 0.2) is 47.1 Å². The average molecular weight is 331 g/mol. The van der Waals surface area contributed by atoms with E-state index in [0.717, 1.165) is 5.75 Å². The van der Waals surface area contributed by atoms with E-state index in [1.165, 1.54) is 6.26 Å². The second-order valence-electron chi connectivity index (χ2n) is 5.04. The molecule has 24 heavy (non-hydrogen) atoms. The molecule has 1 amide bonds. The Bertz CT molecular complexity index is 650. The third-order valence-electron chi connectivity index (χ3n) is 3.24. The lowest BCUT2D eigenvalue weighted by Gasteiger charge is -2.07. The zero-order valence-electron chi connectivity index (χ0n) is 13.6. The van der Waals surface area contributed by atoms with Gasteiger partial charge in [-0.05, 0) is 31.5 Å². The fourth-order valence-corrected chi connectivity index (χ4v) is 2.07. The summed E-state index contributed by atoms with van der Waals surface area (Å²) in [6, 6.07) is 11.0. The summed E-state index contributed by atoms with van der Waals surface area (Å²) in [6.45, 7) is 2.74. The highest BCUT2D eigenvalue weighted by atomic mass is 16.5. The Morgan fingerprint density at radius 1 is 1.17 bits per heavy atom. The molecule has 1 aromatic carbocycles. The minimum Gasteiger partial charge on any atom is -0.489 e. The number of benzene rings is 1. The summed E-state index contributed by atoms with van der Waals surface area (Å²) in [5.74, 6) is 0.360. The van der Waals surface area contributed by atoms with Crippen LogP contribution in [-0.4, -0.2) is 25.0 Å². The second kappa shape index (κ2) is 9.39. The highest BCUT2D eigenvalue weighted by Crippen LogP contribution is 2.15. The molecule has 1 heterocycles. The molecule has 0 bridgehead atoms. The topological polar surface area (TPSA) is 77.8 Å². The van der Waals surface area contributed by atoms with Crippen LogP contribution < -0.4 is 10.1 Å². The Balaban J connectivity index is 1.78. The van der Waals surface area contributed by atoms with Crippen molar-refractivity contribution in [3.8, 4) is 5.75 Å². The number of carbonyl (C=O) groups excluding carboxylic acids is 2. The molecule has 0 unspecified atom stereocenters. The number of furan rings is 1. The Kier molecular flexibility index (Phi) is 6.89. The van der Waals surface area contributed by atoms with Gasteiger partial charge >= 0.3 is 5.97 Å². The normalized spacial score (nSPS) is 10.2. The fourth-order valence-electron chi connectivity index (χ4n) is 2.07. The van der Waals surface area contributed by atoms with Gasteiger partial charge in [0, 0.05) is 18.5 Å². The summed E-state index contributed by atoms with van der Waals surface area (Å²) < 4.78 is 15.7. The van der Waals surface area contributed by atoms with Gasteiger partial charge < -0.3 is 19.2 Å². The SMILES string of the molecule is CCOC(=O)CCCNC(=O)c1occc1COc1ccccc1. The van der Waals surface area contributed by atoms with Crippen LogP contribution in [0.3, 0.4) is 0 Å². The lowest BCUT2D eigenvalue weighted by Crippen LogP contribution is -2.25. The third-order valence-corrected chi connectivity index (χ3v) is 3.24. The molecule has 1 N–H and O–H groups in total. The first-order valence-electron chi connectivity index (χ1n) is 7.88. The van der Waals surface area contributed by atoms with E-state index in [1.807, 2.05) is 30.3 Å². The fraction of sp³-hybridized carbons (Fsp3) is 0.333.